The number of aromatic nitrogens is 3. The summed E-state index contributed by atoms with van der Waals surface area (Å²) < 4.78 is 5.25. The van der Waals surface area contributed by atoms with Crippen LogP contribution in [0, 0.1) is 0 Å². The smallest absolute Gasteiger partial charge is 0.288 e. The molecular weight excluding hydrogens is 226 g/mol. The Labute approximate surface area is 97.6 Å². The molecule has 1 fully saturated rings. The highest BCUT2D eigenvalue weighted by atomic mass is 16.5. The maximum absolute atomic E-state index is 11.6. The Morgan fingerprint density at radius 2 is 2.59 bits per heavy atom. The van der Waals surface area contributed by atoms with Gasteiger partial charge in [0.2, 0.25) is 11.8 Å². The van der Waals surface area contributed by atoms with Crippen molar-refractivity contribution in [3.8, 4) is 0 Å². The number of hydrogen-bond acceptors (Lipinski definition) is 6. The Morgan fingerprint density at radius 3 is 3.12 bits per heavy atom. The van der Waals surface area contributed by atoms with Crippen molar-refractivity contribution in [3.05, 3.63) is 5.82 Å². The van der Waals surface area contributed by atoms with Crippen molar-refractivity contribution in [2.45, 2.75) is 25.0 Å². The first-order chi connectivity index (χ1) is 8.01. The summed E-state index contributed by atoms with van der Waals surface area (Å²) in [6, 6.07) is 0. The van der Waals surface area contributed by atoms with Gasteiger partial charge < -0.3 is 20.9 Å². The molecule has 0 aromatic carbocycles. The average Bonchev–Trinajstić information content (AvgIpc) is 2.84. The van der Waals surface area contributed by atoms with Crippen molar-refractivity contribution >= 4 is 11.9 Å². The minimum atomic E-state index is -1.03. The Balaban J connectivity index is 1.92. The molecule has 1 amide bonds. The number of nitrogens with two attached hydrogens (primary N) is 1. The SMILES string of the molecule is CC1OCCC1(O)CNC(=O)c1nc(N)n[nH]1. The van der Waals surface area contributed by atoms with Gasteiger partial charge in [-0.15, -0.1) is 5.10 Å². The normalized spacial score (nSPS) is 28.2. The zero-order chi connectivity index (χ0) is 12.5. The number of carbonyl (C=O) groups is 1. The fraction of sp³-hybridized carbons (Fsp3) is 0.667. The number of anilines is 1. The number of ether oxygens (including phenoxy) is 1. The quantitative estimate of drug-likeness (QED) is 0.518. The van der Waals surface area contributed by atoms with Crippen LogP contribution in [-0.4, -0.2) is 51.1 Å². The highest BCUT2D eigenvalue weighted by Gasteiger charge is 2.39. The summed E-state index contributed by atoms with van der Waals surface area (Å²) in [5, 5.41) is 18.7. The summed E-state index contributed by atoms with van der Waals surface area (Å²) in [6.07, 6.45) is 0.190. The molecule has 5 N–H and O–H groups in total. The van der Waals surface area contributed by atoms with E-state index < -0.39 is 11.5 Å². The van der Waals surface area contributed by atoms with Gasteiger partial charge in [-0.3, -0.25) is 9.89 Å². The Bertz CT molecular complexity index is 421. The first kappa shape index (κ1) is 11.8. The van der Waals surface area contributed by atoms with E-state index in [2.05, 4.69) is 20.5 Å². The van der Waals surface area contributed by atoms with E-state index in [-0.39, 0.29) is 24.4 Å². The number of hydrogen-bond donors (Lipinski definition) is 4. The molecule has 0 saturated carbocycles. The first-order valence-corrected chi connectivity index (χ1v) is 5.31. The van der Waals surface area contributed by atoms with Gasteiger partial charge in [-0.2, -0.15) is 4.98 Å². The van der Waals surface area contributed by atoms with Gasteiger partial charge in [0.25, 0.3) is 5.91 Å². The Kier molecular flexibility index (Phi) is 2.99. The largest absolute Gasteiger partial charge is 0.385 e. The summed E-state index contributed by atoms with van der Waals surface area (Å²) in [5.74, 6) is -0.425. The predicted octanol–water partition coefficient (Wildman–Crippen LogP) is -1.34. The number of carbonyl (C=O) groups excluding carboxylic acids is 1. The fourth-order valence-corrected chi connectivity index (χ4v) is 1.70. The molecule has 1 aliphatic rings. The van der Waals surface area contributed by atoms with Gasteiger partial charge >= 0.3 is 0 Å². The third kappa shape index (κ3) is 2.37. The Hall–Kier alpha value is -1.67. The van der Waals surface area contributed by atoms with Crippen LogP contribution in [0.15, 0.2) is 0 Å². The van der Waals surface area contributed by atoms with Crippen molar-refractivity contribution in [1.82, 2.24) is 20.5 Å². The number of nitrogen functional groups attached to an aromatic ring is 1. The first-order valence-electron chi connectivity index (χ1n) is 5.31. The van der Waals surface area contributed by atoms with Crippen LogP contribution >= 0.6 is 0 Å². The summed E-state index contributed by atoms with van der Waals surface area (Å²) in [6.45, 7) is 2.36. The van der Waals surface area contributed by atoms with Crippen LogP contribution in [0.3, 0.4) is 0 Å². The molecule has 94 valence electrons. The average molecular weight is 241 g/mol. The van der Waals surface area contributed by atoms with Crippen LogP contribution in [0.1, 0.15) is 24.0 Å². The van der Waals surface area contributed by atoms with E-state index in [1.165, 1.54) is 0 Å². The zero-order valence-electron chi connectivity index (χ0n) is 9.43. The van der Waals surface area contributed by atoms with Crippen molar-refractivity contribution in [2.24, 2.45) is 0 Å². The van der Waals surface area contributed by atoms with Crippen LogP contribution in [0.4, 0.5) is 5.95 Å². The van der Waals surface area contributed by atoms with E-state index in [4.69, 9.17) is 10.5 Å². The van der Waals surface area contributed by atoms with E-state index in [1.54, 1.807) is 6.92 Å². The topological polar surface area (TPSA) is 126 Å². The second-order valence-corrected chi connectivity index (χ2v) is 4.09. The van der Waals surface area contributed by atoms with Gasteiger partial charge in [0, 0.05) is 19.6 Å². The van der Waals surface area contributed by atoms with Crippen LogP contribution in [0.25, 0.3) is 0 Å². The van der Waals surface area contributed by atoms with Gasteiger partial charge in [-0.05, 0) is 6.92 Å². The van der Waals surface area contributed by atoms with Crippen molar-refractivity contribution < 1.29 is 14.6 Å². The third-order valence-electron chi connectivity index (χ3n) is 2.93. The Morgan fingerprint density at radius 1 is 1.82 bits per heavy atom. The minimum absolute atomic E-state index is 0.00595. The number of aliphatic hydroxyl groups is 1. The number of amides is 1. The number of rotatable bonds is 3. The second kappa shape index (κ2) is 4.30. The van der Waals surface area contributed by atoms with Gasteiger partial charge in [-0.25, -0.2) is 0 Å². The molecule has 17 heavy (non-hydrogen) atoms. The third-order valence-corrected chi connectivity index (χ3v) is 2.93. The molecule has 0 radical (unpaired) electrons. The van der Waals surface area contributed by atoms with Crippen LogP contribution in [-0.2, 0) is 4.74 Å². The molecule has 8 heteroatoms. The lowest BCUT2D eigenvalue weighted by Gasteiger charge is -2.25. The highest BCUT2D eigenvalue weighted by Crippen LogP contribution is 2.24. The zero-order valence-corrected chi connectivity index (χ0v) is 9.43. The standard InChI is InChI=1S/C9H15N5O3/c1-5-9(16,2-3-17-5)4-11-7(15)6-12-8(10)14-13-6/h5,16H,2-4H2,1H3,(H,11,15)(H3,10,12,13,14). The van der Waals surface area contributed by atoms with Crippen LogP contribution < -0.4 is 11.1 Å². The number of H-pyrrole nitrogens is 1. The number of nitrogens with zero attached hydrogens (tertiary/aromatic N) is 2. The molecule has 2 rings (SSSR count). The van der Waals surface area contributed by atoms with E-state index in [1.807, 2.05) is 0 Å². The molecule has 1 aliphatic heterocycles. The maximum atomic E-state index is 11.6. The lowest BCUT2D eigenvalue weighted by atomic mass is 9.97. The summed E-state index contributed by atoms with van der Waals surface area (Å²) in [4.78, 5) is 15.3. The lowest BCUT2D eigenvalue weighted by Crippen LogP contribution is -2.47. The van der Waals surface area contributed by atoms with Crippen LogP contribution in [0.2, 0.25) is 0 Å². The van der Waals surface area contributed by atoms with Crippen molar-refractivity contribution in [2.75, 3.05) is 18.9 Å². The molecule has 1 aromatic heterocycles. The van der Waals surface area contributed by atoms with Gasteiger partial charge in [0.15, 0.2) is 0 Å². The maximum Gasteiger partial charge on any atom is 0.288 e. The molecule has 0 aliphatic carbocycles. The lowest BCUT2D eigenvalue weighted by molar-refractivity contribution is -0.0252. The molecule has 1 saturated heterocycles. The molecule has 0 bridgehead atoms. The molecule has 2 unspecified atom stereocenters. The summed E-state index contributed by atoms with van der Waals surface area (Å²) >= 11 is 0. The predicted molar refractivity (Wildman–Crippen MR) is 58.1 cm³/mol. The van der Waals surface area contributed by atoms with E-state index in [0.29, 0.717) is 13.0 Å². The monoisotopic (exact) mass is 241 g/mol. The minimum Gasteiger partial charge on any atom is -0.385 e. The highest BCUT2D eigenvalue weighted by molar-refractivity contribution is 5.90. The van der Waals surface area contributed by atoms with E-state index in [0.717, 1.165) is 0 Å². The van der Waals surface area contributed by atoms with Gasteiger partial charge in [-0.1, -0.05) is 0 Å². The molecule has 2 heterocycles. The number of aromatic amines is 1. The number of nitrogens with one attached hydrogen (secondary N) is 2. The van der Waals surface area contributed by atoms with Crippen molar-refractivity contribution in [1.29, 1.82) is 0 Å². The molecule has 0 spiro atoms. The summed E-state index contributed by atoms with van der Waals surface area (Å²) in [7, 11) is 0. The fourth-order valence-electron chi connectivity index (χ4n) is 1.70. The molecular formula is C9H15N5O3. The van der Waals surface area contributed by atoms with Crippen molar-refractivity contribution in [3.63, 3.8) is 0 Å². The molecule has 8 nitrogen and oxygen atoms in total. The van der Waals surface area contributed by atoms with Gasteiger partial charge in [0.05, 0.1) is 6.10 Å². The molecule has 2 atom stereocenters. The summed E-state index contributed by atoms with van der Waals surface area (Å²) in [5.41, 5.74) is 4.25. The van der Waals surface area contributed by atoms with E-state index >= 15 is 0 Å². The molecule has 1 aromatic rings. The van der Waals surface area contributed by atoms with Gasteiger partial charge in [0.1, 0.15) is 5.60 Å². The second-order valence-electron chi connectivity index (χ2n) is 4.09. The van der Waals surface area contributed by atoms with Crippen LogP contribution in [0.5, 0.6) is 0 Å². The van der Waals surface area contributed by atoms with E-state index in [9.17, 15) is 9.90 Å².